The molecule has 1 aromatic heterocycles. The van der Waals surface area contributed by atoms with Gasteiger partial charge in [0, 0.05) is 18.0 Å². The molecule has 20 heavy (non-hydrogen) atoms. The van der Waals surface area contributed by atoms with Crippen molar-refractivity contribution in [3.05, 3.63) is 35.9 Å². The number of benzene rings is 1. The Hall–Kier alpha value is -1.82. The first kappa shape index (κ1) is 14.6. The molecule has 0 aliphatic heterocycles. The minimum Gasteiger partial charge on any atom is -0.477 e. The summed E-state index contributed by atoms with van der Waals surface area (Å²) in [6.45, 7) is 0.173. The zero-order valence-corrected chi connectivity index (χ0v) is 11.0. The number of pyridine rings is 1. The Morgan fingerprint density at radius 2 is 2.00 bits per heavy atom. The summed E-state index contributed by atoms with van der Waals surface area (Å²) >= 11 is 0. The standard InChI is InChI=1S/C14H15F3N2O/c1-18-9-10-8-13(20-7-6-14(15,16)17)19-12-5-3-2-4-11(10)12/h2-5,8,18H,6-7,9H2,1H3. The average molecular weight is 284 g/mol. The Bertz CT molecular complexity index is 584. The summed E-state index contributed by atoms with van der Waals surface area (Å²) in [6.07, 6.45) is -5.20. The van der Waals surface area contributed by atoms with Gasteiger partial charge >= 0.3 is 6.18 Å². The molecule has 0 radical (unpaired) electrons. The van der Waals surface area contributed by atoms with Gasteiger partial charge in [0.15, 0.2) is 0 Å². The zero-order valence-electron chi connectivity index (χ0n) is 11.0. The number of hydrogen-bond acceptors (Lipinski definition) is 3. The quantitative estimate of drug-likeness (QED) is 0.915. The summed E-state index contributed by atoms with van der Waals surface area (Å²) in [5.41, 5.74) is 1.65. The van der Waals surface area contributed by atoms with E-state index in [0.717, 1.165) is 10.9 Å². The maximum absolute atomic E-state index is 12.1. The summed E-state index contributed by atoms with van der Waals surface area (Å²) in [5.74, 6) is 0.221. The molecule has 0 aliphatic rings. The van der Waals surface area contributed by atoms with Crippen molar-refractivity contribution in [1.82, 2.24) is 10.3 Å². The fourth-order valence-corrected chi connectivity index (χ4v) is 1.90. The Morgan fingerprint density at radius 1 is 1.25 bits per heavy atom. The lowest BCUT2D eigenvalue weighted by Gasteiger charge is -2.11. The molecule has 0 spiro atoms. The summed E-state index contributed by atoms with van der Waals surface area (Å²) in [5, 5.41) is 3.98. The first-order valence-electron chi connectivity index (χ1n) is 6.22. The third kappa shape index (κ3) is 3.84. The van der Waals surface area contributed by atoms with Gasteiger partial charge in [-0.05, 0) is 18.7 Å². The van der Waals surface area contributed by atoms with Gasteiger partial charge in [-0.25, -0.2) is 4.98 Å². The number of rotatable bonds is 5. The minimum atomic E-state index is -4.22. The van der Waals surface area contributed by atoms with E-state index in [2.05, 4.69) is 10.3 Å². The second-order valence-electron chi connectivity index (χ2n) is 4.38. The van der Waals surface area contributed by atoms with Crippen LogP contribution in [-0.4, -0.2) is 24.8 Å². The fraction of sp³-hybridized carbons (Fsp3) is 0.357. The van der Waals surface area contributed by atoms with Gasteiger partial charge in [-0.3, -0.25) is 0 Å². The lowest BCUT2D eigenvalue weighted by Crippen LogP contribution is -2.14. The summed E-state index contributed by atoms with van der Waals surface area (Å²) in [7, 11) is 1.80. The van der Waals surface area contributed by atoms with Crippen LogP contribution in [0, 0.1) is 0 Å². The van der Waals surface area contributed by atoms with Crippen LogP contribution in [0.15, 0.2) is 30.3 Å². The van der Waals surface area contributed by atoms with E-state index < -0.39 is 19.2 Å². The highest BCUT2D eigenvalue weighted by Crippen LogP contribution is 2.23. The Morgan fingerprint density at radius 3 is 2.70 bits per heavy atom. The molecule has 6 heteroatoms. The molecule has 1 N–H and O–H groups in total. The lowest BCUT2D eigenvalue weighted by atomic mass is 10.1. The van der Waals surface area contributed by atoms with Crippen molar-refractivity contribution in [2.75, 3.05) is 13.7 Å². The SMILES string of the molecule is CNCc1cc(OCCC(F)(F)F)nc2ccccc12. The molecule has 2 aromatic rings. The molecule has 0 saturated heterocycles. The van der Waals surface area contributed by atoms with Crippen LogP contribution in [0.3, 0.4) is 0 Å². The number of nitrogens with one attached hydrogen (secondary N) is 1. The van der Waals surface area contributed by atoms with Crippen molar-refractivity contribution in [3.8, 4) is 5.88 Å². The molecule has 3 nitrogen and oxygen atoms in total. The number of alkyl halides is 3. The van der Waals surface area contributed by atoms with Crippen molar-refractivity contribution in [1.29, 1.82) is 0 Å². The second-order valence-corrected chi connectivity index (χ2v) is 4.38. The van der Waals surface area contributed by atoms with E-state index >= 15 is 0 Å². The van der Waals surface area contributed by atoms with Crippen LogP contribution in [0.2, 0.25) is 0 Å². The van der Waals surface area contributed by atoms with Gasteiger partial charge in [-0.2, -0.15) is 13.2 Å². The molecular weight excluding hydrogens is 269 g/mol. The molecule has 1 aromatic carbocycles. The van der Waals surface area contributed by atoms with Gasteiger partial charge in [-0.15, -0.1) is 0 Å². The molecule has 1 heterocycles. The zero-order chi connectivity index (χ0) is 14.6. The molecule has 108 valence electrons. The van der Waals surface area contributed by atoms with E-state index in [-0.39, 0.29) is 5.88 Å². The van der Waals surface area contributed by atoms with Crippen LogP contribution < -0.4 is 10.1 Å². The van der Waals surface area contributed by atoms with Crippen LogP contribution in [0.25, 0.3) is 10.9 Å². The third-order valence-electron chi connectivity index (χ3n) is 2.78. The topological polar surface area (TPSA) is 34.1 Å². The Kier molecular flexibility index (Phi) is 4.44. The van der Waals surface area contributed by atoms with Crippen molar-refractivity contribution in [2.45, 2.75) is 19.1 Å². The molecule has 0 fully saturated rings. The van der Waals surface area contributed by atoms with Gasteiger partial charge in [0.25, 0.3) is 0 Å². The van der Waals surface area contributed by atoms with Gasteiger partial charge in [0.05, 0.1) is 18.5 Å². The van der Waals surface area contributed by atoms with E-state index in [1.807, 2.05) is 24.3 Å². The van der Waals surface area contributed by atoms with E-state index in [0.29, 0.717) is 12.1 Å². The highest BCUT2D eigenvalue weighted by Gasteiger charge is 2.26. The summed E-state index contributed by atoms with van der Waals surface area (Å²) in [4.78, 5) is 4.22. The van der Waals surface area contributed by atoms with Crippen molar-refractivity contribution in [2.24, 2.45) is 0 Å². The predicted molar refractivity (Wildman–Crippen MR) is 70.7 cm³/mol. The first-order valence-corrected chi connectivity index (χ1v) is 6.22. The molecule has 2 rings (SSSR count). The van der Waals surface area contributed by atoms with Crippen LogP contribution >= 0.6 is 0 Å². The Labute approximate surface area is 114 Å². The van der Waals surface area contributed by atoms with E-state index in [4.69, 9.17) is 4.74 Å². The van der Waals surface area contributed by atoms with Gasteiger partial charge in [0.1, 0.15) is 0 Å². The highest BCUT2D eigenvalue weighted by molar-refractivity contribution is 5.82. The number of aromatic nitrogens is 1. The van der Waals surface area contributed by atoms with Gasteiger partial charge < -0.3 is 10.1 Å². The van der Waals surface area contributed by atoms with Crippen LogP contribution in [0.4, 0.5) is 13.2 Å². The first-order chi connectivity index (χ1) is 9.49. The van der Waals surface area contributed by atoms with E-state index in [1.54, 1.807) is 13.1 Å². The van der Waals surface area contributed by atoms with Crippen molar-refractivity contribution in [3.63, 3.8) is 0 Å². The largest absolute Gasteiger partial charge is 0.477 e. The average Bonchev–Trinajstić information content (AvgIpc) is 2.37. The smallest absolute Gasteiger partial charge is 0.392 e. The third-order valence-corrected chi connectivity index (χ3v) is 2.78. The number of nitrogens with zero attached hydrogens (tertiary/aromatic N) is 1. The molecule has 0 unspecified atom stereocenters. The monoisotopic (exact) mass is 284 g/mol. The molecular formula is C14H15F3N2O. The van der Waals surface area contributed by atoms with Gasteiger partial charge in [-0.1, -0.05) is 18.2 Å². The second kappa shape index (κ2) is 6.09. The van der Waals surface area contributed by atoms with Crippen molar-refractivity contribution >= 4 is 10.9 Å². The maximum Gasteiger partial charge on any atom is 0.392 e. The predicted octanol–water partition coefficient (Wildman–Crippen LogP) is 3.29. The van der Waals surface area contributed by atoms with Crippen LogP contribution in [0.5, 0.6) is 5.88 Å². The summed E-state index contributed by atoms with van der Waals surface area (Å²) < 4.78 is 41.4. The normalized spacial score (nSPS) is 11.8. The number of para-hydroxylation sites is 1. The molecule has 0 aliphatic carbocycles. The van der Waals surface area contributed by atoms with Crippen LogP contribution in [-0.2, 0) is 6.54 Å². The highest BCUT2D eigenvalue weighted by atomic mass is 19.4. The van der Waals surface area contributed by atoms with E-state index in [9.17, 15) is 13.2 Å². The molecule has 0 amide bonds. The van der Waals surface area contributed by atoms with Crippen LogP contribution in [0.1, 0.15) is 12.0 Å². The maximum atomic E-state index is 12.1. The lowest BCUT2D eigenvalue weighted by molar-refractivity contribution is -0.139. The summed E-state index contributed by atoms with van der Waals surface area (Å²) in [6, 6.07) is 9.14. The fourth-order valence-electron chi connectivity index (χ4n) is 1.90. The Balaban J connectivity index is 2.21. The van der Waals surface area contributed by atoms with Gasteiger partial charge in [0.2, 0.25) is 5.88 Å². The van der Waals surface area contributed by atoms with Crippen molar-refractivity contribution < 1.29 is 17.9 Å². The molecule has 0 saturated carbocycles. The number of ether oxygens (including phenoxy) is 1. The molecule has 0 atom stereocenters. The number of hydrogen-bond donors (Lipinski definition) is 1. The van der Waals surface area contributed by atoms with E-state index in [1.165, 1.54) is 0 Å². The number of fused-ring (bicyclic) bond motifs is 1. The molecule has 0 bridgehead atoms. The number of halogens is 3. The minimum absolute atomic E-state index is 0.221.